The van der Waals surface area contributed by atoms with Crippen molar-refractivity contribution in [2.45, 2.75) is 56.3 Å². The van der Waals surface area contributed by atoms with E-state index in [4.69, 9.17) is 21.7 Å². The van der Waals surface area contributed by atoms with E-state index in [9.17, 15) is 24.0 Å². The lowest BCUT2D eigenvalue weighted by Crippen LogP contribution is -2.57. The molecule has 184 valence electrons. The van der Waals surface area contributed by atoms with Crippen molar-refractivity contribution in [1.29, 1.82) is 0 Å². The highest BCUT2D eigenvalue weighted by atomic mass is 32.2. The topological polar surface area (TPSA) is 214 Å². The van der Waals surface area contributed by atoms with E-state index in [2.05, 4.69) is 28.6 Å². The van der Waals surface area contributed by atoms with E-state index in [-0.39, 0.29) is 12.2 Å². The van der Waals surface area contributed by atoms with Crippen molar-refractivity contribution in [1.82, 2.24) is 16.0 Å². The molecule has 4 atom stereocenters. The Morgan fingerprint density at radius 1 is 0.906 bits per heavy atom. The lowest BCUT2D eigenvalue weighted by atomic mass is 10.1. The van der Waals surface area contributed by atoms with E-state index in [0.717, 1.165) is 0 Å². The molecule has 3 amide bonds. The first-order chi connectivity index (χ1) is 15.1. The molecule has 0 radical (unpaired) electrons. The summed E-state index contributed by atoms with van der Waals surface area (Å²) in [5.74, 6) is -4.66. The van der Waals surface area contributed by atoms with Crippen LogP contribution in [0.1, 0.15) is 32.1 Å². The van der Waals surface area contributed by atoms with Crippen molar-refractivity contribution in [3.8, 4) is 0 Å². The molecule has 12 nitrogen and oxygen atoms in total. The molecule has 4 unspecified atom stereocenters. The molecule has 0 aromatic carbocycles. The molecule has 0 fully saturated rings. The van der Waals surface area contributed by atoms with E-state index in [1.165, 1.54) is 11.8 Å². The van der Waals surface area contributed by atoms with Gasteiger partial charge in [-0.05, 0) is 44.2 Å². The van der Waals surface area contributed by atoms with Gasteiger partial charge in [0.2, 0.25) is 17.7 Å². The van der Waals surface area contributed by atoms with Crippen molar-refractivity contribution < 1.29 is 34.2 Å². The summed E-state index contributed by atoms with van der Waals surface area (Å²) >= 11 is 5.34. The van der Waals surface area contributed by atoms with Gasteiger partial charge >= 0.3 is 11.9 Å². The standard InChI is InChI=1S/C18H33N5O7S2/c1-32-7-5-10(20)15(26)21-11(4-2-3-6-19)16(27)22-12(8-14(24)25)17(28)23-13(9-31)18(29)30/h10-13,31H,2-9,19-20H2,1H3,(H,21,26)(H,22,27)(H,23,28)(H,24,25)(H,29,30). The number of aliphatic carboxylic acids is 2. The summed E-state index contributed by atoms with van der Waals surface area (Å²) in [5.41, 5.74) is 11.3. The largest absolute Gasteiger partial charge is 0.481 e. The molecule has 0 heterocycles. The molecule has 0 spiro atoms. The molecule has 0 aliphatic heterocycles. The van der Waals surface area contributed by atoms with Gasteiger partial charge in [0.25, 0.3) is 0 Å². The maximum absolute atomic E-state index is 12.8. The third kappa shape index (κ3) is 12.1. The number of nitrogens with two attached hydrogens (primary N) is 2. The number of thiol groups is 1. The minimum absolute atomic E-state index is 0.194. The monoisotopic (exact) mass is 495 g/mol. The second kappa shape index (κ2) is 16.6. The van der Waals surface area contributed by atoms with Gasteiger partial charge in [0, 0.05) is 5.75 Å². The number of carboxylic acids is 2. The fourth-order valence-corrected chi connectivity index (χ4v) is 3.27. The normalized spacial score (nSPS) is 14.5. The van der Waals surface area contributed by atoms with Crippen molar-refractivity contribution in [2.24, 2.45) is 11.5 Å². The number of hydrogen-bond acceptors (Lipinski definition) is 9. The number of thioether (sulfide) groups is 1. The first-order valence-electron chi connectivity index (χ1n) is 9.98. The smallest absolute Gasteiger partial charge is 0.327 e. The molecule has 0 saturated heterocycles. The SMILES string of the molecule is CSCCC(N)C(=O)NC(CCCCN)C(=O)NC(CC(=O)O)C(=O)NC(CS)C(=O)O. The molecule has 0 aliphatic rings. The van der Waals surface area contributed by atoms with Gasteiger partial charge in [-0.25, -0.2) is 4.79 Å². The first kappa shape index (κ1) is 30.0. The molecule has 0 aromatic rings. The highest BCUT2D eigenvalue weighted by Gasteiger charge is 2.31. The highest BCUT2D eigenvalue weighted by molar-refractivity contribution is 7.98. The van der Waals surface area contributed by atoms with E-state index in [1.54, 1.807) is 0 Å². The molecule has 0 aliphatic carbocycles. The minimum Gasteiger partial charge on any atom is -0.481 e. The van der Waals surface area contributed by atoms with Crippen LogP contribution in [0, 0.1) is 0 Å². The van der Waals surface area contributed by atoms with Crippen LogP contribution in [0.4, 0.5) is 0 Å². The number of amides is 3. The molecule has 0 saturated carbocycles. The summed E-state index contributed by atoms with van der Waals surface area (Å²) in [6.45, 7) is 0.375. The zero-order valence-corrected chi connectivity index (χ0v) is 19.6. The third-order valence-electron chi connectivity index (χ3n) is 4.36. The van der Waals surface area contributed by atoms with Gasteiger partial charge in [0.15, 0.2) is 0 Å². The minimum atomic E-state index is -1.55. The van der Waals surface area contributed by atoms with E-state index in [0.29, 0.717) is 31.6 Å². The highest BCUT2D eigenvalue weighted by Crippen LogP contribution is 2.05. The average molecular weight is 496 g/mol. The molecule has 14 heteroatoms. The Labute approximate surface area is 196 Å². The Kier molecular flexibility index (Phi) is 15.5. The second-order valence-corrected chi connectivity index (χ2v) is 8.33. The Balaban J connectivity index is 5.38. The summed E-state index contributed by atoms with van der Waals surface area (Å²) in [5, 5.41) is 25.1. The molecular weight excluding hydrogens is 462 g/mol. The van der Waals surface area contributed by atoms with Gasteiger partial charge in [-0.2, -0.15) is 24.4 Å². The van der Waals surface area contributed by atoms with Crippen LogP contribution in [-0.2, 0) is 24.0 Å². The number of nitrogens with one attached hydrogen (secondary N) is 3. The van der Waals surface area contributed by atoms with Crippen LogP contribution in [0.3, 0.4) is 0 Å². The summed E-state index contributed by atoms with van der Waals surface area (Å²) in [7, 11) is 0. The van der Waals surface area contributed by atoms with Crippen LogP contribution in [0.15, 0.2) is 0 Å². The Bertz CT molecular complexity index is 653. The fraction of sp³-hybridized carbons (Fsp3) is 0.722. The predicted molar refractivity (Wildman–Crippen MR) is 123 cm³/mol. The molecular formula is C18H33N5O7S2. The van der Waals surface area contributed by atoms with Crippen LogP contribution in [0.5, 0.6) is 0 Å². The number of carbonyl (C=O) groups is 5. The van der Waals surface area contributed by atoms with E-state index >= 15 is 0 Å². The second-order valence-electron chi connectivity index (χ2n) is 6.97. The summed E-state index contributed by atoms with van der Waals surface area (Å²) in [6.07, 6.45) is 2.75. The Hall–Kier alpha value is -2.03. The van der Waals surface area contributed by atoms with Gasteiger partial charge in [-0.3, -0.25) is 19.2 Å². The van der Waals surface area contributed by atoms with Gasteiger partial charge in [0.1, 0.15) is 18.1 Å². The molecule has 0 aromatic heterocycles. The number of carbonyl (C=O) groups excluding carboxylic acids is 3. The van der Waals surface area contributed by atoms with Gasteiger partial charge in [-0.15, -0.1) is 0 Å². The zero-order chi connectivity index (χ0) is 24.7. The molecule has 0 bridgehead atoms. The fourth-order valence-electron chi connectivity index (χ4n) is 2.53. The molecule has 32 heavy (non-hydrogen) atoms. The van der Waals surface area contributed by atoms with E-state index in [1.807, 2.05) is 6.26 Å². The number of unbranched alkanes of at least 4 members (excludes halogenated alkanes) is 1. The maximum atomic E-state index is 12.8. The van der Waals surface area contributed by atoms with Crippen molar-refractivity contribution >= 4 is 54.1 Å². The van der Waals surface area contributed by atoms with Crippen LogP contribution < -0.4 is 27.4 Å². The first-order valence-corrected chi connectivity index (χ1v) is 12.0. The van der Waals surface area contributed by atoms with Crippen LogP contribution in [-0.4, -0.2) is 88.3 Å². The van der Waals surface area contributed by atoms with Crippen molar-refractivity contribution in [2.75, 3.05) is 24.3 Å². The molecule has 9 N–H and O–H groups in total. The van der Waals surface area contributed by atoms with Crippen molar-refractivity contribution in [3.63, 3.8) is 0 Å². The number of rotatable bonds is 17. The van der Waals surface area contributed by atoms with Crippen LogP contribution >= 0.6 is 24.4 Å². The molecule has 0 rings (SSSR count). The number of hydrogen-bond donors (Lipinski definition) is 8. The Morgan fingerprint density at radius 2 is 1.47 bits per heavy atom. The van der Waals surface area contributed by atoms with Gasteiger partial charge in [-0.1, -0.05) is 0 Å². The van der Waals surface area contributed by atoms with Gasteiger partial charge < -0.3 is 37.6 Å². The lowest BCUT2D eigenvalue weighted by Gasteiger charge is -2.24. The summed E-state index contributed by atoms with van der Waals surface area (Å²) in [4.78, 5) is 59.8. The third-order valence-corrected chi connectivity index (χ3v) is 5.37. The average Bonchev–Trinajstić information content (AvgIpc) is 2.73. The Morgan fingerprint density at radius 3 is 1.97 bits per heavy atom. The maximum Gasteiger partial charge on any atom is 0.327 e. The lowest BCUT2D eigenvalue weighted by molar-refractivity contribution is -0.143. The van der Waals surface area contributed by atoms with E-state index < -0.39 is 60.2 Å². The predicted octanol–water partition coefficient (Wildman–Crippen LogP) is -1.86. The van der Waals surface area contributed by atoms with Crippen molar-refractivity contribution in [3.05, 3.63) is 0 Å². The quantitative estimate of drug-likeness (QED) is 0.0831. The zero-order valence-electron chi connectivity index (χ0n) is 17.9. The summed E-state index contributed by atoms with van der Waals surface area (Å²) < 4.78 is 0. The summed E-state index contributed by atoms with van der Waals surface area (Å²) in [6, 6.07) is -4.83. The van der Waals surface area contributed by atoms with Crippen LogP contribution in [0.25, 0.3) is 0 Å². The number of carboxylic acid groups (broad SMARTS) is 2. The van der Waals surface area contributed by atoms with Gasteiger partial charge in [0.05, 0.1) is 12.5 Å². The van der Waals surface area contributed by atoms with Crippen LogP contribution in [0.2, 0.25) is 0 Å².